The third-order valence-electron chi connectivity index (χ3n) is 6.47. The number of thiophene rings is 1. The summed E-state index contributed by atoms with van der Waals surface area (Å²) in [4.78, 5) is 38.2. The molecule has 0 atom stereocenters. The Balaban J connectivity index is 1.51. The maximum atomic E-state index is 12.1. The largest absolute Gasteiger partial charge is 0.378 e. The molecule has 3 aromatic heterocycles. The maximum Gasteiger partial charge on any atom is 0.226 e. The Morgan fingerprint density at radius 3 is 2.47 bits per heavy atom. The predicted octanol–water partition coefficient (Wildman–Crippen LogP) is 1.93. The van der Waals surface area contributed by atoms with Crippen LogP contribution in [0.1, 0.15) is 23.8 Å². The molecular weight excluding hydrogens is 452 g/mol. The molecule has 5 heterocycles. The van der Waals surface area contributed by atoms with Crippen molar-refractivity contribution in [2.45, 2.75) is 26.8 Å². The number of hydrogen-bond acceptors (Lipinski definition) is 10. The lowest BCUT2D eigenvalue weighted by Gasteiger charge is -2.34. The molecule has 1 amide bonds. The lowest BCUT2D eigenvalue weighted by Crippen LogP contribution is -2.48. The van der Waals surface area contributed by atoms with Crippen molar-refractivity contribution in [2.75, 3.05) is 63.1 Å². The molecule has 34 heavy (non-hydrogen) atoms. The number of nitrogen functional groups attached to an aromatic ring is 1. The fourth-order valence-electron chi connectivity index (χ4n) is 4.47. The van der Waals surface area contributed by atoms with Gasteiger partial charge in [-0.1, -0.05) is 6.92 Å². The lowest BCUT2D eigenvalue weighted by molar-refractivity contribution is -0.132. The van der Waals surface area contributed by atoms with E-state index in [1.54, 1.807) is 23.7 Å². The molecule has 11 heteroatoms. The van der Waals surface area contributed by atoms with Gasteiger partial charge in [0.05, 0.1) is 29.1 Å². The summed E-state index contributed by atoms with van der Waals surface area (Å²) in [5.41, 5.74) is 9.61. The number of anilines is 2. The Bertz CT molecular complexity index is 1170. The van der Waals surface area contributed by atoms with E-state index < -0.39 is 0 Å². The lowest BCUT2D eigenvalue weighted by atomic mass is 10.1. The van der Waals surface area contributed by atoms with Crippen LogP contribution in [0.15, 0.2) is 12.4 Å². The van der Waals surface area contributed by atoms with Crippen LogP contribution in [0.25, 0.3) is 21.5 Å². The van der Waals surface area contributed by atoms with E-state index >= 15 is 0 Å². The number of nitrogens with zero attached hydrogens (tertiary/aromatic N) is 7. The van der Waals surface area contributed by atoms with E-state index in [0.717, 1.165) is 67.3 Å². The van der Waals surface area contributed by atoms with Crippen molar-refractivity contribution in [3.05, 3.63) is 22.8 Å². The summed E-state index contributed by atoms with van der Waals surface area (Å²) >= 11 is 1.71. The molecular formula is C23H30N8O2S. The van der Waals surface area contributed by atoms with Crippen molar-refractivity contribution in [3.63, 3.8) is 0 Å². The van der Waals surface area contributed by atoms with E-state index in [0.29, 0.717) is 25.6 Å². The van der Waals surface area contributed by atoms with Crippen LogP contribution in [0, 0.1) is 6.92 Å². The van der Waals surface area contributed by atoms with Gasteiger partial charge in [-0.05, 0) is 6.92 Å². The molecule has 0 unspecified atom stereocenters. The Labute approximate surface area is 202 Å². The van der Waals surface area contributed by atoms with Crippen LogP contribution < -0.4 is 10.6 Å². The zero-order valence-electron chi connectivity index (χ0n) is 19.7. The third kappa shape index (κ3) is 4.55. The van der Waals surface area contributed by atoms with Crippen molar-refractivity contribution in [3.8, 4) is 11.3 Å². The monoisotopic (exact) mass is 482 g/mol. The normalized spacial score (nSPS) is 17.5. The molecule has 0 aromatic carbocycles. The second-order valence-electron chi connectivity index (χ2n) is 8.63. The van der Waals surface area contributed by atoms with E-state index in [2.05, 4.69) is 26.7 Å². The number of morpholine rings is 1. The van der Waals surface area contributed by atoms with Crippen LogP contribution >= 0.6 is 11.3 Å². The molecule has 0 saturated carbocycles. The number of amides is 1. The fourth-order valence-corrected chi connectivity index (χ4v) is 5.59. The molecule has 0 bridgehead atoms. The molecule has 0 aliphatic carbocycles. The van der Waals surface area contributed by atoms with Gasteiger partial charge in [0.15, 0.2) is 0 Å². The molecule has 5 rings (SSSR count). The topological polar surface area (TPSA) is 114 Å². The SMILES string of the molecule is CCC(=O)N1CCN(Cc2c(C)sc3c(-c4cnc(N)nc4)nc(N4CCOCC4)nc23)CC1. The van der Waals surface area contributed by atoms with Gasteiger partial charge in [-0.25, -0.2) is 19.9 Å². The molecule has 10 nitrogen and oxygen atoms in total. The summed E-state index contributed by atoms with van der Waals surface area (Å²) in [5.74, 6) is 1.18. The van der Waals surface area contributed by atoms with E-state index in [9.17, 15) is 4.79 Å². The zero-order valence-corrected chi connectivity index (χ0v) is 20.5. The molecule has 0 radical (unpaired) electrons. The predicted molar refractivity (Wildman–Crippen MR) is 133 cm³/mol. The van der Waals surface area contributed by atoms with Crippen molar-refractivity contribution < 1.29 is 9.53 Å². The summed E-state index contributed by atoms with van der Waals surface area (Å²) in [7, 11) is 0. The minimum absolute atomic E-state index is 0.232. The third-order valence-corrected chi connectivity index (χ3v) is 7.61. The van der Waals surface area contributed by atoms with Crippen LogP contribution in [0.3, 0.4) is 0 Å². The Hall–Kier alpha value is -2.89. The van der Waals surface area contributed by atoms with E-state index in [1.165, 1.54) is 10.4 Å². The molecule has 2 aliphatic rings. The van der Waals surface area contributed by atoms with Gasteiger partial charge in [0.1, 0.15) is 0 Å². The second kappa shape index (κ2) is 9.77. The highest BCUT2D eigenvalue weighted by Gasteiger charge is 2.25. The molecule has 2 N–H and O–H groups in total. The first kappa shape index (κ1) is 22.9. The molecule has 2 aliphatic heterocycles. The Morgan fingerprint density at radius 1 is 1.09 bits per heavy atom. The number of fused-ring (bicyclic) bond motifs is 1. The minimum atomic E-state index is 0.232. The average Bonchev–Trinajstić information content (AvgIpc) is 3.19. The number of hydrogen-bond donors (Lipinski definition) is 1. The smallest absolute Gasteiger partial charge is 0.226 e. The fraction of sp³-hybridized carbons (Fsp3) is 0.522. The first-order chi connectivity index (χ1) is 16.5. The van der Waals surface area contributed by atoms with E-state index in [-0.39, 0.29) is 11.9 Å². The highest BCUT2D eigenvalue weighted by molar-refractivity contribution is 7.19. The standard InChI is InChI=1S/C23H30N8O2S/c1-3-18(32)30-6-4-29(5-7-30)14-17-15(2)34-21-19(16-12-25-22(24)26-13-16)27-23(28-20(17)21)31-8-10-33-11-9-31/h12-13H,3-11,14H2,1-2H3,(H2,24,25,26). The number of piperazine rings is 1. The van der Waals surface area contributed by atoms with Gasteiger partial charge in [-0.3, -0.25) is 9.69 Å². The molecule has 3 aromatic rings. The van der Waals surface area contributed by atoms with Crippen LogP contribution in [-0.4, -0.2) is 88.1 Å². The minimum Gasteiger partial charge on any atom is -0.378 e. The highest BCUT2D eigenvalue weighted by atomic mass is 32.1. The number of aromatic nitrogens is 4. The Kier molecular flexibility index (Phi) is 6.57. The van der Waals surface area contributed by atoms with Crippen molar-refractivity contribution in [1.29, 1.82) is 0 Å². The molecule has 2 fully saturated rings. The number of rotatable bonds is 5. The van der Waals surface area contributed by atoms with Gasteiger partial charge in [0.25, 0.3) is 0 Å². The highest BCUT2D eigenvalue weighted by Crippen LogP contribution is 2.38. The molecule has 0 spiro atoms. The van der Waals surface area contributed by atoms with Crippen LogP contribution in [0.4, 0.5) is 11.9 Å². The summed E-state index contributed by atoms with van der Waals surface area (Å²) in [6.45, 7) is 11.0. The molecule has 180 valence electrons. The number of aryl methyl sites for hydroxylation is 1. The summed E-state index contributed by atoms with van der Waals surface area (Å²) in [6, 6.07) is 0. The number of ether oxygens (including phenoxy) is 1. The average molecular weight is 483 g/mol. The van der Waals surface area contributed by atoms with Crippen molar-refractivity contribution >= 4 is 39.4 Å². The zero-order chi connectivity index (χ0) is 23.7. The summed E-state index contributed by atoms with van der Waals surface area (Å²) in [6.07, 6.45) is 4.02. The maximum absolute atomic E-state index is 12.1. The quantitative estimate of drug-likeness (QED) is 0.583. The van der Waals surface area contributed by atoms with Crippen molar-refractivity contribution in [1.82, 2.24) is 29.7 Å². The first-order valence-electron chi connectivity index (χ1n) is 11.7. The first-order valence-corrected chi connectivity index (χ1v) is 12.6. The van der Waals surface area contributed by atoms with Gasteiger partial charge in [-0.15, -0.1) is 11.3 Å². The van der Waals surface area contributed by atoms with E-state index in [4.69, 9.17) is 20.4 Å². The van der Waals surface area contributed by atoms with Crippen LogP contribution in [0.5, 0.6) is 0 Å². The number of carbonyl (C=O) groups excluding carboxylic acids is 1. The molecule has 2 saturated heterocycles. The van der Waals surface area contributed by atoms with Gasteiger partial charge in [0.2, 0.25) is 17.8 Å². The summed E-state index contributed by atoms with van der Waals surface area (Å²) in [5, 5.41) is 0. The van der Waals surface area contributed by atoms with Gasteiger partial charge >= 0.3 is 0 Å². The van der Waals surface area contributed by atoms with Gasteiger partial charge in [-0.2, -0.15) is 0 Å². The van der Waals surface area contributed by atoms with Gasteiger partial charge < -0.3 is 20.3 Å². The number of nitrogens with two attached hydrogens (primary N) is 1. The van der Waals surface area contributed by atoms with Crippen molar-refractivity contribution in [2.24, 2.45) is 0 Å². The van der Waals surface area contributed by atoms with E-state index in [1.807, 2.05) is 11.8 Å². The summed E-state index contributed by atoms with van der Waals surface area (Å²) < 4.78 is 6.57. The Morgan fingerprint density at radius 2 is 1.79 bits per heavy atom. The second-order valence-corrected chi connectivity index (χ2v) is 9.85. The van der Waals surface area contributed by atoms with Crippen LogP contribution in [0.2, 0.25) is 0 Å². The number of carbonyl (C=O) groups is 1. The van der Waals surface area contributed by atoms with Gasteiger partial charge in [0, 0.05) is 80.6 Å². The van der Waals surface area contributed by atoms with Crippen LogP contribution in [-0.2, 0) is 16.1 Å².